The SMILES string of the molecule is CCOc1ccc(S(=O)(=O)N2CCC(CO)C2)cc1. The first kappa shape index (κ1) is 14.3. The van der Waals surface area contributed by atoms with Crippen LogP contribution in [-0.2, 0) is 10.0 Å². The Bertz CT molecular complexity index is 512. The zero-order valence-corrected chi connectivity index (χ0v) is 11.8. The molecule has 0 saturated carbocycles. The summed E-state index contributed by atoms with van der Waals surface area (Å²) in [5.74, 6) is 0.716. The van der Waals surface area contributed by atoms with Crippen LogP contribution in [0.4, 0.5) is 0 Å². The normalized spacial score (nSPS) is 20.6. The predicted molar refractivity (Wildman–Crippen MR) is 71.6 cm³/mol. The molecule has 1 heterocycles. The van der Waals surface area contributed by atoms with Crippen LogP contribution in [0.1, 0.15) is 13.3 Å². The van der Waals surface area contributed by atoms with E-state index in [2.05, 4.69) is 0 Å². The van der Waals surface area contributed by atoms with Gasteiger partial charge in [-0.2, -0.15) is 4.31 Å². The number of sulfonamides is 1. The highest BCUT2D eigenvalue weighted by Gasteiger charge is 2.32. The molecule has 1 saturated heterocycles. The third-order valence-electron chi connectivity index (χ3n) is 3.28. The van der Waals surface area contributed by atoms with Crippen molar-refractivity contribution in [2.45, 2.75) is 18.2 Å². The molecule has 6 heteroatoms. The van der Waals surface area contributed by atoms with Gasteiger partial charge >= 0.3 is 0 Å². The van der Waals surface area contributed by atoms with Crippen LogP contribution >= 0.6 is 0 Å². The van der Waals surface area contributed by atoms with Crippen molar-refractivity contribution in [2.75, 3.05) is 26.3 Å². The van der Waals surface area contributed by atoms with Crippen LogP contribution in [0.25, 0.3) is 0 Å². The number of benzene rings is 1. The molecule has 1 aliphatic heterocycles. The van der Waals surface area contributed by atoms with Gasteiger partial charge in [0.25, 0.3) is 0 Å². The van der Waals surface area contributed by atoms with Crippen LogP contribution in [0.15, 0.2) is 29.2 Å². The lowest BCUT2D eigenvalue weighted by atomic mass is 10.1. The maximum atomic E-state index is 12.4. The average Bonchev–Trinajstić information content (AvgIpc) is 2.89. The van der Waals surface area contributed by atoms with Gasteiger partial charge in [0.05, 0.1) is 11.5 Å². The van der Waals surface area contributed by atoms with Gasteiger partial charge in [0.15, 0.2) is 0 Å². The molecule has 106 valence electrons. The van der Waals surface area contributed by atoms with Crippen LogP contribution in [0.5, 0.6) is 5.75 Å². The monoisotopic (exact) mass is 285 g/mol. The van der Waals surface area contributed by atoms with Gasteiger partial charge in [-0.05, 0) is 43.5 Å². The second kappa shape index (κ2) is 5.90. The molecule has 0 amide bonds. The smallest absolute Gasteiger partial charge is 0.243 e. The highest BCUT2D eigenvalue weighted by Crippen LogP contribution is 2.25. The summed E-state index contributed by atoms with van der Waals surface area (Å²) in [6, 6.07) is 6.45. The molecule has 19 heavy (non-hydrogen) atoms. The summed E-state index contributed by atoms with van der Waals surface area (Å²) in [6.07, 6.45) is 0.715. The summed E-state index contributed by atoms with van der Waals surface area (Å²) in [5, 5.41) is 9.08. The Morgan fingerprint density at radius 2 is 2.05 bits per heavy atom. The topological polar surface area (TPSA) is 66.8 Å². The van der Waals surface area contributed by atoms with Gasteiger partial charge in [-0.3, -0.25) is 0 Å². The molecule has 0 spiro atoms. The minimum atomic E-state index is -3.45. The Kier molecular flexibility index (Phi) is 4.44. The first-order chi connectivity index (χ1) is 9.07. The van der Waals surface area contributed by atoms with Crippen LogP contribution in [-0.4, -0.2) is 44.1 Å². The van der Waals surface area contributed by atoms with Crippen molar-refractivity contribution >= 4 is 10.0 Å². The molecule has 5 nitrogen and oxygen atoms in total. The third kappa shape index (κ3) is 3.08. The van der Waals surface area contributed by atoms with Crippen LogP contribution in [0.2, 0.25) is 0 Å². The van der Waals surface area contributed by atoms with E-state index >= 15 is 0 Å². The van der Waals surface area contributed by atoms with E-state index in [1.54, 1.807) is 24.3 Å². The van der Waals surface area contributed by atoms with E-state index in [1.807, 2.05) is 6.92 Å². The van der Waals surface area contributed by atoms with Crippen molar-refractivity contribution < 1.29 is 18.3 Å². The molecule has 1 aromatic carbocycles. The molecule has 0 bridgehead atoms. The van der Waals surface area contributed by atoms with Crippen LogP contribution in [0, 0.1) is 5.92 Å². The lowest BCUT2D eigenvalue weighted by Gasteiger charge is -2.16. The maximum Gasteiger partial charge on any atom is 0.243 e. The number of nitrogens with zero attached hydrogens (tertiary/aromatic N) is 1. The second-order valence-electron chi connectivity index (χ2n) is 4.60. The van der Waals surface area contributed by atoms with Gasteiger partial charge in [-0.25, -0.2) is 8.42 Å². The summed E-state index contributed by atoms with van der Waals surface area (Å²) in [4.78, 5) is 0.273. The number of aliphatic hydroxyl groups is 1. The molecule has 1 fully saturated rings. The van der Waals surface area contributed by atoms with E-state index in [4.69, 9.17) is 9.84 Å². The van der Waals surface area contributed by atoms with Crippen LogP contribution in [0.3, 0.4) is 0 Å². The zero-order valence-electron chi connectivity index (χ0n) is 10.9. The fraction of sp³-hybridized carbons (Fsp3) is 0.538. The fourth-order valence-corrected chi connectivity index (χ4v) is 3.72. The summed E-state index contributed by atoms with van der Waals surface area (Å²) < 4.78 is 31.5. The Labute approximate surface area is 113 Å². The summed E-state index contributed by atoms with van der Waals surface area (Å²) in [7, 11) is -3.45. The van der Waals surface area contributed by atoms with Crippen molar-refractivity contribution in [3.63, 3.8) is 0 Å². The molecule has 1 aliphatic rings. The van der Waals surface area contributed by atoms with E-state index in [0.29, 0.717) is 31.9 Å². The van der Waals surface area contributed by atoms with E-state index in [9.17, 15) is 8.42 Å². The summed E-state index contributed by atoms with van der Waals surface area (Å²) in [5.41, 5.74) is 0. The second-order valence-corrected chi connectivity index (χ2v) is 6.54. The minimum absolute atomic E-state index is 0.0370. The van der Waals surface area contributed by atoms with Gasteiger partial charge in [0.2, 0.25) is 10.0 Å². The summed E-state index contributed by atoms with van der Waals surface area (Å²) in [6.45, 7) is 3.34. The molecule has 1 aromatic rings. The van der Waals surface area contributed by atoms with Gasteiger partial charge in [0, 0.05) is 19.7 Å². The molecular weight excluding hydrogens is 266 g/mol. The van der Waals surface area contributed by atoms with E-state index in [0.717, 1.165) is 0 Å². The molecule has 1 atom stereocenters. The van der Waals surface area contributed by atoms with Crippen molar-refractivity contribution in [2.24, 2.45) is 5.92 Å². The molecule has 0 radical (unpaired) electrons. The predicted octanol–water partition coefficient (Wildman–Crippen LogP) is 1.09. The number of aliphatic hydroxyl groups excluding tert-OH is 1. The van der Waals surface area contributed by atoms with E-state index in [1.165, 1.54) is 4.31 Å². The summed E-state index contributed by atoms with van der Waals surface area (Å²) >= 11 is 0. The number of hydrogen-bond acceptors (Lipinski definition) is 4. The van der Waals surface area contributed by atoms with Crippen LogP contribution < -0.4 is 4.74 Å². The quantitative estimate of drug-likeness (QED) is 0.879. The molecular formula is C13H19NO4S. The fourth-order valence-electron chi connectivity index (χ4n) is 2.19. The van der Waals surface area contributed by atoms with Gasteiger partial charge in [0.1, 0.15) is 5.75 Å². The molecule has 1 unspecified atom stereocenters. The maximum absolute atomic E-state index is 12.4. The lowest BCUT2D eigenvalue weighted by molar-refractivity contribution is 0.233. The van der Waals surface area contributed by atoms with Gasteiger partial charge in [-0.15, -0.1) is 0 Å². The number of ether oxygens (including phenoxy) is 1. The zero-order chi connectivity index (χ0) is 13.9. The van der Waals surface area contributed by atoms with Gasteiger partial charge < -0.3 is 9.84 Å². The minimum Gasteiger partial charge on any atom is -0.494 e. The highest BCUT2D eigenvalue weighted by atomic mass is 32.2. The molecule has 1 N–H and O–H groups in total. The molecule has 2 rings (SSSR count). The van der Waals surface area contributed by atoms with E-state index < -0.39 is 10.0 Å². The van der Waals surface area contributed by atoms with E-state index in [-0.39, 0.29) is 17.4 Å². The highest BCUT2D eigenvalue weighted by molar-refractivity contribution is 7.89. The van der Waals surface area contributed by atoms with Crippen molar-refractivity contribution in [1.82, 2.24) is 4.31 Å². The first-order valence-electron chi connectivity index (χ1n) is 6.41. The lowest BCUT2D eigenvalue weighted by Crippen LogP contribution is -2.29. The Balaban J connectivity index is 2.15. The number of rotatable bonds is 5. The van der Waals surface area contributed by atoms with Gasteiger partial charge in [-0.1, -0.05) is 0 Å². The average molecular weight is 285 g/mol. The Morgan fingerprint density at radius 3 is 2.58 bits per heavy atom. The Hall–Kier alpha value is -1.11. The Morgan fingerprint density at radius 1 is 1.37 bits per heavy atom. The third-order valence-corrected chi connectivity index (χ3v) is 5.16. The van der Waals surface area contributed by atoms with Crippen molar-refractivity contribution in [1.29, 1.82) is 0 Å². The van der Waals surface area contributed by atoms with Crippen molar-refractivity contribution in [3.8, 4) is 5.75 Å². The number of hydrogen-bond donors (Lipinski definition) is 1. The standard InChI is InChI=1S/C13H19NO4S/c1-2-18-12-3-5-13(6-4-12)19(16,17)14-8-7-11(9-14)10-15/h3-6,11,15H,2,7-10H2,1H3. The first-order valence-corrected chi connectivity index (χ1v) is 7.85. The molecule has 0 aromatic heterocycles. The van der Waals surface area contributed by atoms with Crippen molar-refractivity contribution in [3.05, 3.63) is 24.3 Å². The molecule has 0 aliphatic carbocycles. The largest absolute Gasteiger partial charge is 0.494 e.